The van der Waals surface area contributed by atoms with Crippen LogP contribution in [0.2, 0.25) is 0 Å². The van der Waals surface area contributed by atoms with Gasteiger partial charge in [-0.25, -0.2) is 4.98 Å². The van der Waals surface area contributed by atoms with E-state index in [0.717, 1.165) is 18.5 Å². The van der Waals surface area contributed by atoms with Gasteiger partial charge in [-0.1, -0.05) is 25.0 Å². The maximum atomic E-state index is 12.6. The molecule has 0 atom stereocenters. The Kier molecular flexibility index (Phi) is 5.14. The summed E-state index contributed by atoms with van der Waals surface area (Å²) in [6.45, 7) is 0. The van der Waals surface area contributed by atoms with Crippen LogP contribution in [-0.4, -0.2) is 26.9 Å². The predicted octanol–water partition coefficient (Wildman–Crippen LogP) is 3.73. The van der Waals surface area contributed by atoms with Crippen molar-refractivity contribution in [3.05, 3.63) is 60.3 Å². The fraction of sp³-hybridized carbons (Fsp3) is 0.238. The lowest BCUT2D eigenvalue weighted by molar-refractivity contribution is 0.102. The maximum absolute atomic E-state index is 12.6. The average Bonchev–Trinajstić information content (AvgIpc) is 3.21. The first-order chi connectivity index (χ1) is 13.7. The van der Waals surface area contributed by atoms with E-state index in [2.05, 4.69) is 25.6 Å². The molecular weight excluding hydrogens is 352 g/mol. The van der Waals surface area contributed by atoms with E-state index >= 15 is 0 Å². The van der Waals surface area contributed by atoms with Crippen LogP contribution >= 0.6 is 0 Å². The Balaban J connectivity index is 1.64. The number of nitrogens with one attached hydrogen (secondary N) is 2. The molecule has 0 saturated heterocycles. The molecule has 2 aromatic heterocycles. The van der Waals surface area contributed by atoms with E-state index in [1.807, 2.05) is 18.2 Å². The van der Waals surface area contributed by atoms with Crippen LogP contribution in [0.3, 0.4) is 0 Å². The molecule has 7 nitrogen and oxygen atoms in total. The van der Waals surface area contributed by atoms with Gasteiger partial charge in [0.25, 0.3) is 5.91 Å². The van der Waals surface area contributed by atoms with Crippen LogP contribution in [-0.2, 0) is 0 Å². The summed E-state index contributed by atoms with van der Waals surface area (Å²) in [5, 5.41) is 6.24. The average molecular weight is 374 g/mol. The summed E-state index contributed by atoms with van der Waals surface area (Å²) in [7, 11) is 0. The Labute approximate surface area is 163 Å². The maximum Gasteiger partial charge on any atom is 0.256 e. The van der Waals surface area contributed by atoms with E-state index < -0.39 is 0 Å². The molecule has 1 fully saturated rings. The van der Waals surface area contributed by atoms with Crippen molar-refractivity contribution in [2.24, 2.45) is 0 Å². The summed E-state index contributed by atoms with van der Waals surface area (Å²) in [5.41, 5.74) is 8.16. The monoisotopic (exact) mass is 374 g/mol. The second-order valence-electron chi connectivity index (χ2n) is 6.88. The van der Waals surface area contributed by atoms with Crippen LogP contribution in [0.25, 0.3) is 11.4 Å². The molecule has 3 aromatic rings. The molecular formula is C21H22N6O. The second kappa shape index (κ2) is 8.04. The van der Waals surface area contributed by atoms with E-state index in [1.54, 1.807) is 36.5 Å². The molecule has 2 heterocycles. The van der Waals surface area contributed by atoms with Gasteiger partial charge in [0.15, 0.2) is 0 Å². The fourth-order valence-electron chi connectivity index (χ4n) is 3.34. The van der Waals surface area contributed by atoms with Crippen molar-refractivity contribution in [3.8, 4) is 11.4 Å². The first-order valence-electron chi connectivity index (χ1n) is 9.41. The summed E-state index contributed by atoms with van der Waals surface area (Å²) < 4.78 is 0. The number of rotatable bonds is 5. The minimum atomic E-state index is -0.273. The Morgan fingerprint density at radius 3 is 2.61 bits per heavy atom. The zero-order valence-corrected chi connectivity index (χ0v) is 15.4. The summed E-state index contributed by atoms with van der Waals surface area (Å²) in [6, 6.07) is 14.6. The van der Waals surface area contributed by atoms with Crippen LogP contribution in [0.1, 0.15) is 36.0 Å². The van der Waals surface area contributed by atoms with E-state index in [9.17, 15) is 4.79 Å². The molecule has 1 aromatic carbocycles. The highest BCUT2D eigenvalue weighted by Gasteiger charge is 2.17. The summed E-state index contributed by atoms with van der Waals surface area (Å²) in [6.07, 6.45) is 6.32. The van der Waals surface area contributed by atoms with Crippen LogP contribution in [0.15, 0.2) is 54.7 Å². The number of benzene rings is 1. The highest BCUT2D eigenvalue weighted by Crippen LogP contribution is 2.24. The third-order valence-corrected chi connectivity index (χ3v) is 4.73. The number of hydrogen-bond donors (Lipinski definition) is 3. The summed E-state index contributed by atoms with van der Waals surface area (Å²) in [5.74, 6) is 0.645. The molecule has 28 heavy (non-hydrogen) atoms. The predicted molar refractivity (Wildman–Crippen MR) is 110 cm³/mol. The Hall–Kier alpha value is -3.48. The SMILES string of the molecule is Nc1cccc(C(=O)Nc2cc(-c3ccccn3)nc(NC3CCCC3)n2)c1. The lowest BCUT2D eigenvalue weighted by Crippen LogP contribution is -2.19. The van der Waals surface area contributed by atoms with Gasteiger partial charge in [0, 0.05) is 29.6 Å². The van der Waals surface area contributed by atoms with Crippen LogP contribution in [0, 0.1) is 0 Å². The number of amides is 1. The lowest BCUT2D eigenvalue weighted by Gasteiger charge is -2.14. The fourth-order valence-corrected chi connectivity index (χ4v) is 3.34. The largest absolute Gasteiger partial charge is 0.399 e. The molecule has 0 unspecified atom stereocenters. The number of anilines is 3. The zero-order valence-electron chi connectivity index (χ0n) is 15.4. The minimum absolute atomic E-state index is 0.273. The molecule has 1 saturated carbocycles. The van der Waals surface area contributed by atoms with Crippen molar-refractivity contribution >= 4 is 23.4 Å². The van der Waals surface area contributed by atoms with E-state index in [4.69, 9.17) is 5.73 Å². The topological polar surface area (TPSA) is 106 Å². The van der Waals surface area contributed by atoms with Gasteiger partial charge >= 0.3 is 0 Å². The molecule has 0 radical (unpaired) electrons. The van der Waals surface area contributed by atoms with Crippen LogP contribution in [0.4, 0.5) is 17.5 Å². The van der Waals surface area contributed by atoms with Crippen molar-refractivity contribution < 1.29 is 4.79 Å². The molecule has 0 aliphatic heterocycles. The third-order valence-electron chi connectivity index (χ3n) is 4.73. The second-order valence-corrected chi connectivity index (χ2v) is 6.88. The first kappa shape index (κ1) is 17.9. The van der Waals surface area contributed by atoms with Crippen molar-refractivity contribution in [1.29, 1.82) is 0 Å². The number of nitrogen functional groups attached to an aromatic ring is 1. The normalized spacial score (nSPS) is 14.0. The number of aromatic nitrogens is 3. The first-order valence-corrected chi connectivity index (χ1v) is 9.41. The summed E-state index contributed by atoms with van der Waals surface area (Å²) >= 11 is 0. The molecule has 1 aliphatic rings. The standard InChI is InChI=1S/C21H22N6O/c22-15-7-5-6-14(12-15)20(28)26-19-13-18(17-10-3-4-11-23-17)25-21(27-19)24-16-8-1-2-9-16/h3-7,10-13,16H,1-2,8-9,22H2,(H2,24,25,26,27,28). The van der Waals surface area contributed by atoms with Gasteiger partial charge in [0.05, 0.1) is 11.4 Å². The molecule has 4 N–H and O–H groups in total. The van der Waals surface area contributed by atoms with E-state index in [0.29, 0.717) is 34.8 Å². The van der Waals surface area contributed by atoms with Gasteiger partial charge in [-0.2, -0.15) is 4.98 Å². The molecule has 1 aliphatic carbocycles. The van der Waals surface area contributed by atoms with Gasteiger partial charge in [-0.15, -0.1) is 0 Å². The number of pyridine rings is 1. The molecule has 7 heteroatoms. The van der Waals surface area contributed by atoms with Gasteiger partial charge in [-0.05, 0) is 43.2 Å². The number of carbonyl (C=O) groups excluding carboxylic acids is 1. The van der Waals surface area contributed by atoms with Crippen molar-refractivity contribution in [1.82, 2.24) is 15.0 Å². The van der Waals surface area contributed by atoms with Gasteiger partial charge < -0.3 is 16.4 Å². The Morgan fingerprint density at radius 2 is 1.86 bits per heavy atom. The third kappa shape index (κ3) is 4.25. The van der Waals surface area contributed by atoms with Gasteiger partial charge in [-0.3, -0.25) is 9.78 Å². The van der Waals surface area contributed by atoms with E-state index in [-0.39, 0.29) is 5.91 Å². The number of carbonyl (C=O) groups is 1. The smallest absolute Gasteiger partial charge is 0.256 e. The molecule has 0 bridgehead atoms. The molecule has 4 rings (SSSR count). The van der Waals surface area contributed by atoms with Crippen molar-refractivity contribution in [2.75, 3.05) is 16.4 Å². The highest BCUT2D eigenvalue weighted by atomic mass is 16.1. The lowest BCUT2D eigenvalue weighted by atomic mass is 10.2. The van der Waals surface area contributed by atoms with Gasteiger partial charge in [0.2, 0.25) is 5.95 Å². The highest BCUT2D eigenvalue weighted by molar-refractivity contribution is 6.04. The number of hydrogen-bond acceptors (Lipinski definition) is 6. The molecule has 0 spiro atoms. The Morgan fingerprint density at radius 1 is 1.00 bits per heavy atom. The van der Waals surface area contributed by atoms with Gasteiger partial charge in [0.1, 0.15) is 5.82 Å². The molecule has 1 amide bonds. The van der Waals surface area contributed by atoms with Crippen LogP contribution in [0.5, 0.6) is 0 Å². The number of nitrogens with zero attached hydrogens (tertiary/aromatic N) is 3. The van der Waals surface area contributed by atoms with E-state index in [1.165, 1.54) is 12.8 Å². The summed E-state index contributed by atoms with van der Waals surface area (Å²) in [4.78, 5) is 26.1. The van der Waals surface area contributed by atoms with Crippen LogP contribution < -0.4 is 16.4 Å². The Bertz CT molecular complexity index is 970. The quantitative estimate of drug-likeness (QED) is 0.588. The van der Waals surface area contributed by atoms with Crippen molar-refractivity contribution in [2.45, 2.75) is 31.7 Å². The number of nitrogens with two attached hydrogens (primary N) is 1. The zero-order chi connectivity index (χ0) is 19.3. The van der Waals surface area contributed by atoms with Crippen molar-refractivity contribution in [3.63, 3.8) is 0 Å². The molecule has 142 valence electrons. The minimum Gasteiger partial charge on any atom is -0.399 e.